The zero-order chi connectivity index (χ0) is 37.3. The molecule has 5 amide bonds. The third-order valence-electron chi connectivity index (χ3n) is 8.96. The van der Waals surface area contributed by atoms with Crippen LogP contribution in [0.25, 0.3) is 0 Å². The number of nitrogens with zero attached hydrogens (tertiary/aromatic N) is 3. The topological polar surface area (TPSA) is 138 Å². The van der Waals surface area contributed by atoms with E-state index in [9.17, 15) is 24.0 Å². The van der Waals surface area contributed by atoms with Crippen LogP contribution in [0.2, 0.25) is 5.02 Å². The van der Waals surface area contributed by atoms with Crippen molar-refractivity contribution in [1.82, 2.24) is 25.3 Å². The van der Waals surface area contributed by atoms with Crippen LogP contribution in [-0.2, 0) is 35.1 Å². The van der Waals surface area contributed by atoms with E-state index in [1.54, 1.807) is 65.0 Å². The van der Waals surface area contributed by atoms with E-state index in [0.29, 0.717) is 50.5 Å². The van der Waals surface area contributed by atoms with Gasteiger partial charge in [-0.15, -0.1) is 0 Å². The fourth-order valence-electron chi connectivity index (χ4n) is 5.99. The van der Waals surface area contributed by atoms with Gasteiger partial charge >= 0.3 is 6.09 Å². The van der Waals surface area contributed by atoms with Crippen LogP contribution in [0.5, 0.6) is 0 Å². The van der Waals surface area contributed by atoms with E-state index in [2.05, 4.69) is 26.6 Å². The molecule has 1 aliphatic heterocycles. The number of nitrogens with one attached hydrogen (secondary N) is 2. The summed E-state index contributed by atoms with van der Waals surface area (Å²) < 4.78 is 12.0. The van der Waals surface area contributed by atoms with Crippen molar-refractivity contribution in [2.75, 3.05) is 40.9 Å². The third kappa shape index (κ3) is 12.4. The predicted molar refractivity (Wildman–Crippen MR) is 196 cm³/mol. The van der Waals surface area contributed by atoms with Gasteiger partial charge in [-0.1, -0.05) is 41.4 Å². The number of halogens is 2. The molecule has 2 fully saturated rings. The Morgan fingerprint density at radius 2 is 1.78 bits per heavy atom. The Bertz CT molecular complexity index is 1370. The minimum absolute atomic E-state index is 0.0226. The van der Waals surface area contributed by atoms with Crippen molar-refractivity contribution < 1.29 is 33.4 Å². The lowest BCUT2D eigenvalue weighted by molar-refractivity contribution is -0.147. The molecule has 0 spiro atoms. The Labute approximate surface area is 310 Å². The normalized spacial score (nSPS) is 22.6. The minimum atomic E-state index is -0.961. The molecule has 2 aliphatic rings. The van der Waals surface area contributed by atoms with Crippen molar-refractivity contribution in [1.29, 1.82) is 0 Å². The van der Waals surface area contributed by atoms with Gasteiger partial charge < -0.3 is 34.8 Å². The van der Waals surface area contributed by atoms with Gasteiger partial charge in [-0.25, -0.2) is 4.79 Å². The number of rotatable bonds is 8. The zero-order valence-corrected chi connectivity index (χ0v) is 33.1. The lowest BCUT2D eigenvalue weighted by atomic mass is 9.98. The molecule has 50 heavy (non-hydrogen) atoms. The summed E-state index contributed by atoms with van der Waals surface area (Å²) in [5.74, 6) is -1.61. The molecular formula is C36H55BrClN5O7. The maximum atomic E-state index is 14.3. The van der Waals surface area contributed by atoms with E-state index < -0.39 is 53.6 Å². The van der Waals surface area contributed by atoms with Gasteiger partial charge in [-0.05, 0) is 94.9 Å². The Kier molecular flexibility index (Phi) is 15.4. The number of carbonyl (C=O) groups is 5. The van der Waals surface area contributed by atoms with Gasteiger partial charge in [0.1, 0.15) is 29.8 Å². The van der Waals surface area contributed by atoms with Crippen LogP contribution in [0.4, 0.5) is 4.79 Å². The minimum Gasteiger partial charge on any atom is -0.444 e. The highest BCUT2D eigenvalue weighted by Gasteiger charge is 2.42. The molecule has 12 nitrogen and oxygen atoms in total. The molecule has 0 aromatic heterocycles. The Balaban J connectivity index is 1.94. The van der Waals surface area contributed by atoms with Gasteiger partial charge in [-0.2, -0.15) is 0 Å². The summed E-state index contributed by atoms with van der Waals surface area (Å²) in [7, 11) is 4.82. The lowest BCUT2D eigenvalue weighted by Gasteiger charge is -2.36. The number of amides is 5. The Morgan fingerprint density at radius 3 is 2.40 bits per heavy atom. The number of hydrogen-bond acceptors (Lipinski definition) is 7. The first-order valence-corrected chi connectivity index (χ1v) is 18.7. The second-order valence-electron chi connectivity index (χ2n) is 14.9. The standard InChI is InChI=1S/C36H55BrClN5O7/c1-22(2)19-27-32(45)43(8)29(21-24-20-25(38)14-15-26(24)37)33(46)41(6)16-18-49-17-10-9-11-28(31(44)39-27)42(7)34(47)30(23-12-13-23)40-35(48)50-36(3,4)5/h14-15,20,22-23,27-30H,9-13,16-19,21H2,1-8H3,(H,39,44)(H,40,48)/t27-,28-,29-,30-/m0/s1. The van der Waals surface area contributed by atoms with Gasteiger partial charge in [0, 0.05) is 50.2 Å². The van der Waals surface area contributed by atoms with E-state index in [0.717, 1.165) is 22.9 Å². The summed E-state index contributed by atoms with van der Waals surface area (Å²) >= 11 is 9.86. The van der Waals surface area contributed by atoms with Crippen molar-refractivity contribution in [3.8, 4) is 0 Å². The summed E-state index contributed by atoms with van der Waals surface area (Å²) in [4.78, 5) is 73.4. The number of ether oxygens (including phenoxy) is 2. The lowest BCUT2D eigenvalue weighted by Crippen LogP contribution is -2.59. The highest BCUT2D eigenvalue weighted by molar-refractivity contribution is 9.10. The van der Waals surface area contributed by atoms with Crippen molar-refractivity contribution >= 4 is 57.3 Å². The molecule has 4 atom stereocenters. The molecule has 0 radical (unpaired) electrons. The molecule has 1 heterocycles. The van der Waals surface area contributed by atoms with Crippen molar-refractivity contribution in [3.05, 3.63) is 33.3 Å². The van der Waals surface area contributed by atoms with E-state index in [-0.39, 0.29) is 24.2 Å². The van der Waals surface area contributed by atoms with Crippen molar-refractivity contribution in [2.45, 2.75) is 109 Å². The second kappa shape index (κ2) is 18.5. The van der Waals surface area contributed by atoms with Crippen LogP contribution >= 0.6 is 27.5 Å². The van der Waals surface area contributed by atoms with Gasteiger partial charge in [-0.3, -0.25) is 19.2 Å². The van der Waals surface area contributed by atoms with Crippen LogP contribution in [0.3, 0.4) is 0 Å². The van der Waals surface area contributed by atoms with Crippen LogP contribution < -0.4 is 10.6 Å². The van der Waals surface area contributed by atoms with Gasteiger partial charge in [0.25, 0.3) is 0 Å². The Morgan fingerprint density at radius 1 is 1.10 bits per heavy atom. The summed E-state index contributed by atoms with van der Waals surface area (Å²) in [6, 6.07) is 1.67. The molecule has 1 aromatic rings. The van der Waals surface area contributed by atoms with E-state index in [1.165, 1.54) is 9.80 Å². The van der Waals surface area contributed by atoms with Crippen LogP contribution in [0.1, 0.15) is 78.7 Å². The molecule has 1 aromatic carbocycles. The fraction of sp³-hybridized carbons (Fsp3) is 0.694. The predicted octanol–water partition coefficient (Wildman–Crippen LogP) is 4.79. The van der Waals surface area contributed by atoms with Gasteiger partial charge in [0.2, 0.25) is 23.6 Å². The molecule has 2 N–H and O–H groups in total. The number of likely N-dealkylation sites (N-methyl/N-ethyl adjacent to an activating group) is 3. The number of carbonyl (C=O) groups excluding carboxylic acids is 5. The molecule has 1 saturated heterocycles. The maximum Gasteiger partial charge on any atom is 0.408 e. The second-order valence-corrected chi connectivity index (χ2v) is 16.2. The van der Waals surface area contributed by atoms with Crippen LogP contribution in [0, 0.1) is 11.8 Å². The first kappa shape index (κ1) is 41.5. The van der Waals surface area contributed by atoms with Gasteiger partial charge in [0.05, 0.1) is 6.61 Å². The SMILES string of the molecule is CC(C)C[C@@H]1NC(=O)[C@@H](N(C)C(=O)[C@@H](NC(=O)OC(C)(C)C)C2CC2)CCCCOCCN(C)C(=O)[C@H](Cc2cc(Cl)ccc2Br)N(C)C1=O. The quantitative estimate of drug-likeness (QED) is 0.387. The molecule has 14 heteroatoms. The highest BCUT2D eigenvalue weighted by atomic mass is 79.9. The van der Waals surface area contributed by atoms with E-state index in [1.807, 2.05) is 13.8 Å². The smallest absolute Gasteiger partial charge is 0.408 e. The van der Waals surface area contributed by atoms with Crippen LogP contribution in [0.15, 0.2) is 22.7 Å². The fourth-order valence-corrected chi connectivity index (χ4v) is 6.59. The average Bonchev–Trinajstić information content (AvgIpc) is 3.87. The first-order valence-electron chi connectivity index (χ1n) is 17.5. The third-order valence-corrected chi connectivity index (χ3v) is 9.96. The van der Waals surface area contributed by atoms with Crippen molar-refractivity contribution in [3.63, 3.8) is 0 Å². The number of benzene rings is 1. The maximum absolute atomic E-state index is 14.3. The Hall–Kier alpha value is -2.90. The molecule has 0 unspecified atom stereocenters. The highest BCUT2D eigenvalue weighted by Crippen LogP contribution is 2.34. The molecule has 3 rings (SSSR count). The largest absolute Gasteiger partial charge is 0.444 e. The molecule has 1 saturated carbocycles. The molecule has 0 bridgehead atoms. The molecular weight excluding hydrogens is 730 g/mol. The monoisotopic (exact) mass is 783 g/mol. The summed E-state index contributed by atoms with van der Waals surface area (Å²) in [5.41, 5.74) is 0.0109. The van der Waals surface area contributed by atoms with Crippen molar-refractivity contribution in [2.24, 2.45) is 11.8 Å². The van der Waals surface area contributed by atoms with Crippen LogP contribution in [-0.4, -0.2) is 115 Å². The van der Waals surface area contributed by atoms with Gasteiger partial charge in [0.15, 0.2) is 0 Å². The number of hydrogen-bond donors (Lipinski definition) is 2. The zero-order valence-electron chi connectivity index (χ0n) is 30.7. The molecule has 1 aliphatic carbocycles. The first-order chi connectivity index (χ1) is 23.4. The summed E-state index contributed by atoms with van der Waals surface area (Å²) in [6.07, 6.45) is 2.85. The molecule has 280 valence electrons. The average molecular weight is 785 g/mol. The summed E-state index contributed by atoms with van der Waals surface area (Å²) in [6.45, 7) is 10.2. The number of alkyl carbamates (subject to hydrolysis) is 1. The van der Waals surface area contributed by atoms with E-state index in [4.69, 9.17) is 21.1 Å². The summed E-state index contributed by atoms with van der Waals surface area (Å²) in [5, 5.41) is 6.20. The van der Waals surface area contributed by atoms with E-state index >= 15 is 0 Å².